The highest BCUT2D eigenvalue weighted by Gasteiger charge is 2.56. The summed E-state index contributed by atoms with van der Waals surface area (Å²) in [5.74, 6) is -3.31. The van der Waals surface area contributed by atoms with E-state index >= 15 is 0 Å². The van der Waals surface area contributed by atoms with E-state index in [1.54, 1.807) is 20.8 Å². The summed E-state index contributed by atoms with van der Waals surface area (Å²) in [6.07, 6.45) is -0.0915. The molecule has 1 saturated heterocycles. The fourth-order valence-electron chi connectivity index (χ4n) is 3.04. The van der Waals surface area contributed by atoms with Gasteiger partial charge in [0.05, 0.1) is 19.1 Å². The topological polar surface area (TPSA) is 88.1 Å². The van der Waals surface area contributed by atoms with Gasteiger partial charge in [0.2, 0.25) is 0 Å². The van der Waals surface area contributed by atoms with E-state index in [1.807, 2.05) is 13.8 Å². The van der Waals surface area contributed by atoms with Crippen LogP contribution in [0.2, 0.25) is 0 Å². The molecule has 0 aliphatic carbocycles. The van der Waals surface area contributed by atoms with Crippen LogP contribution >= 0.6 is 0 Å². The van der Waals surface area contributed by atoms with Crippen LogP contribution in [0.1, 0.15) is 60.3 Å². The Bertz CT molecular complexity index is 448. The molecule has 144 valence electrons. The number of Topliss-reactive ketones (excluding diaryl/α,β-unsaturated/α-hetero) is 1. The van der Waals surface area contributed by atoms with Gasteiger partial charge in [0.15, 0.2) is 18.0 Å². The van der Waals surface area contributed by atoms with Crippen molar-refractivity contribution < 1.29 is 33.3 Å². The third-order valence-electron chi connectivity index (χ3n) is 4.13. The molecule has 0 aromatic heterocycles. The average molecular weight is 358 g/mol. The summed E-state index contributed by atoms with van der Waals surface area (Å²) in [6, 6.07) is 0. The van der Waals surface area contributed by atoms with Crippen molar-refractivity contribution in [1.29, 1.82) is 0 Å². The lowest BCUT2D eigenvalue weighted by Crippen LogP contribution is -2.42. The molecule has 1 rings (SSSR count). The molecule has 3 atom stereocenters. The van der Waals surface area contributed by atoms with Crippen LogP contribution in [0, 0.1) is 5.92 Å². The third kappa shape index (κ3) is 5.25. The van der Waals surface area contributed by atoms with Gasteiger partial charge in [-0.1, -0.05) is 20.3 Å². The van der Waals surface area contributed by atoms with Gasteiger partial charge in [0.1, 0.15) is 5.78 Å². The fraction of sp³-hybridized carbons (Fsp3) is 0.833. The van der Waals surface area contributed by atoms with Gasteiger partial charge in [-0.15, -0.1) is 0 Å². The SMILES string of the molecule is CCCC(=O)[C@H](CCC)C1(C)O[C@@H](C(=O)OCC)[C@H](C(=O)OCC)O1. The molecule has 0 unspecified atom stereocenters. The Hall–Kier alpha value is -1.47. The van der Waals surface area contributed by atoms with E-state index < -0.39 is 35.9 Å². The molecule has 1 aliphatic heterocycles. The van der Waals surface area contributed by atoms with Crippen LogP contribution in [-0.2, 0) is 33.3 Å². The molecule has 0 aromatic carbocycles. The molecule has 0 aromatic rings. The summed E-state index contributed by atoms with van der Waals surface area (Å²) in [5.41, 5.74) is 0. The van der Waals surface area contributed by atoms with Crippen LogP contribution in [-0.4, -0.2) is 48.9 Å². The maximum Gasteiger partial charge on any atom is 0.338 e. The smallest absolute Gasteiger partial charge is 0.338 e. The third-order valence-corrected chi connectivity index (χ3v) is 4.13. The highest BCUT2D eigenvalue weighted by Crippen LogP contribution is 2.39. The second-order valence-electron chi connectivity index (χ2n) is 6.15. The summed E-state index contributed by atoms with van der Waals surface area (Å²) in [7, 11) is 0. The number of rotatable bonds is 10. The first-order chi connectivity index (χ1) is 11.8. The monoisotopic (exact) mass is 358 g/mol. The summed E-state index contributed by atoms with van der Waals surface area (Å²) in [6.45, 7) is 9.11. The minimum absolute atomic E-state index is 0.000956. The van der Waals surface area contributed by atoms with E-state index in [9.17, 15) is 14.4 Å². The first-order valence-corrected chi connectivity index (χ1v) is 9.06. The van der Waals surface area contributed by atoms with Crippen molar-refractivity contribution in [2.75, 3.05) is 13.2 Å². The first kappa shape index (κ1) is 21.6. The molecule has 0 spiro atoms. The Kier molecular flexibility index (Phi) is 8.52. The second kappa shape index (κ2) is 9.87. The van der Waals surface area contributed by atoms with E-state index in [-0.39, 0.29) is 19.0 Å². The van der Waals surface area contributed by atoms with Gasteiger partial charge in [-0.3, -0.25) is 4.79 Å². The molecule has 7 nitrogen and oxygen atoms in total. The maximum atomic E-state index is 12.5. The van der Waals surface area contributed by atoms with Crippen LogP contribution < -0.4 is 0 Å². The quantitative estimate of drug-likeness (QED) is 0.554. The number of esters is 2. The van der Waals surface area contributed by atoms with Crippen LogP contribution in [0.4, 0.5) is 0 Å². The Labute approximate surface area is 149 Å². The van der Waals surface area contributed by atoms with Crippen LogP contribution in [0.25, 0.3) is 0 Å². The predicted molar refractivity (Wildman–Crippen MR) is 89.7 cm³/mol. The van der Waals surface area contributed by atoms with Crippen molar-refractivity contribution in [3.05, 3.63) is 0 Å². The molecule has 0 N–H and O–H groups in total. The highest BCUT2D eigenvalue weighted by molar-refractivity contribution is 5.87. The van der Waals surface area contributed by atoms with Crippen molar-refractivity contribution in [3.63, 3.8) is 0 Å². The Balaban J connectivity index is 3.10. The molecule has 0 amide bonds. The van der Waals surface area contributed by atoms with Crippen molar-refractivity contribution in [2.45, 2.75) is 78.3 Å². The van der Waals surface area contributed by atoms with Crippen LogP contribution in [0.3, 0.4) is 0 Å². The lowest BCUT2D eigenvalue weighted by atomic mass is 9.88. The number of ether oxygens (including phenoxy) is 4. The molecule has 1 aliphatic rings. The Morgan fingerprint density at radius 2 is 1.40 bits per heavy atom. The minimum Gasteiger partial charge on any atom is -0.464 e. The largest absolute Gasteiger partial charge is 0.464 e. The molecule has 0 radical (unpaired) electrons. The summed E-state index contributed by atoms with van der Waals surface area (Å²) in [5, 5.41) is 0. The van der Waals surface area contributed by atoms with Crippen LogP contribution in [0.15, 0.2) is 0 Å². The molecular formula is C18H30O7. The van der Waals surface area contributed by atoms with Gasteiger partial charge in [-0.05, 0) is 33.6 Å². The van der Waals surface area contributed by atoms with E-state index in [1.165, 1.54) is 0 Å². The van der Waals surface area contributed by atoms with E-state index in [0.717, 1.165) is 6.42 Å². The van der Waals surface area contributed by atoms with E-state index in [4.69, 9.17) is 18.9 Å². The molecule has 1 heterocycles. The van der Waals surface area contributed by atoms with E-state index in [2.05, 4.69) is 0 Å². The second-order valence-corrected chi connectivity index (χ2v) is 6.15. The molecular weight excluding hydrogens is 328 g/mol. The van der Waals surface area contributed by atoms with Gasteiger partial charge in [0, 0.05) is 6.42 Å². The zero-order valence-corrected chi connectivity index (χ0v) is 15.8. The predicted octanol–water partition coefficient (Wildman–Crippen LogP) is 2.40. The van der Waals surface area contributed by atoms with Crippen molar-refractivity contribution in [1.82, 2.24) is 0 Å². The van der Waals surface area contributed by atoms with Gasteiger partial charge in [0.25, 0.3) is 0 Å². The van der Waals surface area contributed by atoms with E-state index in [0.29, 0.717) is 19.3 Å². The van der Waals surface area contributed by atoms with Gasteiger partial charge in [-0.25, -0.2) is 9.59 Å². The number of carbonyl (C=O) groups excluding carboxylic acids is 3. The zero-order chi connectivity index (χ0) is 19.0. The zero-order valence-electron chi connectivity index (χ0n) is 15.8. The Morgan fingerprint density at radius 1 is 0.920 bits per heavy atom. The number of hydrogen-bond acceptors (Lipinski definition) is 7. The lowest BCUT2D eigenvalue weighted by molar-refractivity contribution is -0.208. The minimum atomic E-state index is -1.36. The summed E-state index contributed by atoms with van der Waals surface area (Å²) in [4.78, 5) is 37.0. The van der Waals surface area contributed by atoms with Gasteiger partial charge < -0.3 is 18.9 Å². The fourth-order valence-corrected chi connectivity index (χ4v) is 3.04. The van der Waals surface area contributed by atoms with Crippen LogP contribution in [0.5, 0.6) is 0 Å². The normalized spacial score (nSPS) is 23.1. The summed E-state index contributed by atoms with van der Waals surface area (Å²) >= 11 is 0. The molecule has 0 bridgehead atoms. The van der Waals surface area contributed by atoms with Crippen molar-refractivity contribution in [2.24, 2.45) is 5.92 Å². The average Bonchev–Trinajstić information content (AvgIpc) is 2.92. The van der Waals surface area contributed by atoms with Crippen molar-refractivity contribution in [3.8, 4) is 0 Å². The number of ketones is 1. The molecule has 1 fully saturated rings. The maximum absolute atomic E-state index is 12.5. The van der Waals surface area contributed by atoms with Gasteiger partial charge in [-0.2, -0.15) is 0 Å². The number of carbonyl (C=O) groups is 3. The molecule has 25 heavy (non-hydrogen) atoms. The van der Waals surface area contributed by atoms with Crippen molar-refractivity contribution >= 4 is 17.7 Å². The number of hydrogen-bond donors (Lipinski definition) is 0. The molecule has 7 heteroatoms. The Morgan fingerprint density at radius 3 is 1.76 bits per heavy atom. The standard InChI is InChI=1S/C18H30O7/c1-6-10-12(13(19)11-7-2)18(5)24-14(16(20)22-8-3)15(25-18)17(21)23-9-4/h12,14-15H,6-11H2,1-5H3/t12-,14+,15+/m0/s1. The first-order valence-electron chi connectivity index (χ1n) is 9.06. The highest BCUT2D eigenvalue weighted by atomic mass is 16.8. The lowest BCUT2D eigenvalue weighted by Gasteiger charge is -2.31. The molecule has 0 saturated carbocycles. The summed E-state index contributed by atoms with van der Waals surface area (Å²) < 4.78 is 21.6. The van der Waals surface area contributed by atoms with Gasteiger partial charge >= 0.3 is 11.9 Å².